The molecule has 0 saturated heterocycles. The normalized spacial score (nSPS) is 10.8. The van der Waals surface area contributed by atoms with E-state index < -0.39 is 11.9 Å². The van der Waals surface area contributed by atoms with E-state index >= 15 is 0 Å². The van der Waals surface area contributed by atoms with Crippen molar-refractivity contribution in [2.24, 2.45) is 0 Å². The lowest BCUT2D eigenvalue weighted by molar-refractivity contribution is 0.0696. The zero-order valence-electron chi connectivity index (χ0n) is 13.1. The van der Waals surface area contributed by atoms with Gasteiger partial charge in [-0.2, -0.15) is 0 Å². The zero-order chi connectivity index (χ0) is 18.1. The summed E-state index contributed by atoms with van der Waals surface area (Å²) in [5, 5.41) is 12.4. The third-order valence-electron chi connectivity index (χ3n) is 3.66. The van der Waals surface area contributed by atoms with Gasteiger partial charge in [-0.1, -0.05) is 30.1 Å². The Morgan fingerprint density at radius 3 is 2.68 bits per heavy atom. The highest BCUT2D eigenvalue weighted by Crippen LogP contribution is 2.22. The first-order valence-corrected chi connectivity index (χ1v) is 8.17. The van der Waals surface area contributed by atoms with E-state index in [4.69, 9.17) is 28.3 Å². The summed E-state index contributed by atoms with van der Waals surface area (Å²) in [5.74, 6) is -1.58. The van der Waals surface area contributed by atoms with Crippen molar-refractivity contribution in [3.63, 3.8) is 0 Å². The molecule has 3 rings (SSSR count). The molecule has 0 aliphatic rings. The van der Waals surface area contributed by atoms with Crippen LogP contribution in [-0.2, 0) is 6.42 Å². The van der Waals surface area contributed by atoms with Crippen LogP contribution < -0.4 is 5.32 Å². The number of aromatic carboxylic acids is 1. The standard InChI is InChI=1S/C17H13Cl2N3O3/c1-2-13-15(22-8-9(18)3-6-14(22)21-13)16(23)20-10-4-5-12(19)11(7-10)17(24)25/h3-8H,2H2,1H3,(H,20,23)(H,24,25). The highest BCUT2D eigenvalue weighted by atomic mass is 35.5. The van der Waals surface area contributed by atoms with Crippen molar-refractivity contribution >= 4 is 46.4 Å². The lowest BCUT2D eigenvalue weighted by Gasteiger charge is -2.08. The summed E-state index contributed by atoms with van der Waals surface area (Å²) < 4.78 is 1.62. The number of carboxylic acid groups (broad SMARTS) is 1. The van der Waals surface area contributed by atoms with Gasteiger partial charge in [-0.25, -0.2) is 9.78 Å². The van der Waals surface area contributed by atoms with Crippen molar-refractivity contribution in [1.29, 1.82) is 0 Å². The van der Waals surface area contributed by atoms with Crippen LogP contribution in [0.15, 0.2) is 36.5 Å². The van der Waals surface area contributed by atoms with Gasteiger partial charge in [0.05, 0.1) is 21.3 Å². The topological polar surface area (TPSA) is 83.7 Å². The number of hydrogen-bond donors (Lipinski definition) is 2. The van der Waals surface area contributed by atoms with Crippen LogP contribution in [-0.4, -0.2) is 26.4 Å². The first kappa shape index (κ1) is 17.3. The molecular weight excluding hydrogens is 365 g/mol. The van der Waals surface area contributed by atoms with E-state index in [1.807, 2.05) is 6.92 Å². The number of amides is 1. The maximum absolute atomic E-state index is 12.8. The van der Waals surface area contributed by atoms with Crippen LogP contribution in [0, 0.1) is 0 Å². The summed E-state index contributed by atoms with van der Waals surface area (Å²) in [6.45, 7) is 1.89. The molecule has 0 radical (unpaired) electrons. The quantitative estimate of drug-likeness (QED) is 0.714. The number of carbonyl (C=O) groups is 2. The van der Waals surface area contributed by atoms with Crippen molar-refractivity contribution in [2.45, 2.75) is 13.3 Å². The predicted octanol–water partition coefficient (Wildman–Crippen LogP) is 4.15. The van der Waals surface area contributed by atoms with Gasteiger partial charge in [0.15, 0.2) is 0 Å². The maximum Gasteiger partial charge on any atom is 0.337 e. The molecule has 0 aliphatic carbocycles. The second-order valence-corrected chi connectivity index (χ2v) is 6.13. The molecule has 1 aromatic carbocycles. The van der Waals surface area contributed by atoms with Crippen LogP contribution in [0.4, 0.5) is 5.69 Å². The van der Waals surface area contributed by atoms with Crippen LogP contribution in [0.1, 0.15) is 33.5 Å². The van der Waals surface area contributed by atoms with Crippen LogP contribution in [0.3, 0.4) is 0 Å². The second-order valence-electron chi connectivity index (χ2n) is 5.29. The Hall–Kier alpha value is -2.57. The third-order valence-corrected chi connectivity index (χ3v) is 4.21. The number of anilines is 1. The summed E-state index contributed by atoms with van der Waals surface area (Å²) in [6, 6.07) is 7.69. The van der Waals surface area contributed by atoms with Gasteiger partial charge in [-0.15, -0.1) is 0 Å². The molecule has 25 heavy (non-hydrogen) atoms. The van der Waals surface area contributed by atoms with E-state index in [-0.39, 0.29) is 10.6 Å². The molecule has 128 valence electrons. The zero-order valence-corrected chi connectivity index (χ0v) is 14.6. The minimum atomic E-state index is -1.17. The molecule has 0 bridgehead atoms. The molecule has 2 heterocycles. The van der Waals surface area contributed by atoms with Crippen molar-refractivity contribution in [2.75, 3.05) is 5.32 Å². The van der Waals surface area contributed by atoms with E-state index in [1.165, 1.54) is 18.2 Å². The fourth-order valence-electron chi connectivity index (χ4n) is 2.51. The first-order chi connectivity index (χ1) is 11.9. The number of imidazole rings is 1. The Balaban J connectivity index is 2.02. The molecule has 0 spiro atoms. The number of carbonyl (C=O) groups excluding carboxylic acids is 1. The largest absolute Gasteiger partial charge is 0.478 e. The van der Waals surface area contributed by atoms with Crippen molar-refractivity contribution in [3.8, 4) is 0 Å². The van der Waals surface area contributed by atoms with Gasteiger partial charge in [0.25, 0.3) is 5.91 Å². The molecule has 2 N–H and O–H groups in total. The predicted molar refractivity (Wildman–Crippen MR) is 95.9 cm³/mol. The smallest absolute Gasteiger partial charge is 0.337 e. The summed E-state index contributed by atoms with van der Waals surface area (Å²) >= 11 is 11.9. The van der Waals surface area contributed by atoms with Gasteiger partial charge < -0.3 is 10.4 Å². The summed E-state index contributed by atoms with van der Waals surface area (Å²) in [7, 11) is 0. The van der Waals surface area contributed by atoms with Gasteiger partial charge >= 0.3 is 5.97 Å². The Labute approximate surface area is 153 Å². The Bertz CT molecular complexity index is 998. The van der Waals surface area contributed by atoms with E-state index in [9.17, 15) is 9.59 Å². The molecule has 1 amide bonds. The molecule has 8 heteroatoms. The molecule has 6 nitrogen and oxygen atoms in total. The average Bonchev–Trinajstić information content (AvgIpc) is 2.94. The lowest BCUT2D eigenvalue weighted by Crippen LogP contribution is -2.16. The SMILES string of the molecule is CCc1nc2ccc(Cl)cn2c1C(=O)Nc1ccc(Cl)c(C(=O)O)c1. The fraction of sp³-hybridized carbons (Fsp3) is 0.118. The number of rotatable bonds is 4. The number of nitrogens with one attached hydrogen (secondary N) is 1. The Morgan fingerprint density at radius 2 is 2.00 bits per heavy atom. The van der Waals surface area contributed by atoms with Crippen LogP contribution in [0.5, 0.6) is 0 Å². The third kappa shape index (κ3) is 3.31. The number of pyridine rings is 1. The van der Waals surface area contributed by atoms with Gasteiger partial charge in [-0.05, 0) is 36.8 Å². The number of carboxylic acids is 1. The van der Waals surface area contributed by atoms with E-state index in [2.05, 4.69) is 10.3 Å². The molecular formula is C17H13Cl2N3O3. The highest BCUT2D eigenvalue weighted by molar-refractivity contribution is 6.33. The molecule has 0 unspecified atom stereocenters. The number of halogens is 2. The summed E-state index contributed by atoms with van der Waals surface area (Å²) in [4.78, 5) is 28.3. The number of aryl methyl sites for hydroxylation is 1. The number of nitrogens with zero attached hydrogens (tertiary/aromatic N) is 2. The monoisotopic (exact) mass is 377 g/mol. The summed E-state index contributed by atoms with van der Waals surface area (Å²) in [6.07, 6.45) is 2.17. The van der Waals surface area contributed by atoms with Crippen molar-refractivity contribution < 1.29 is 14.7 Å². The van der Waals surface area contributed by atoms with Crippen molar-refractivity contribution in [3.05, 3.63) is 63.5 Å². The first-order valence-electron chi connectivity index (χ1n) is 7.41. The minimum Gasteiger partial charge on any atom is -0.478 e. The number of aromatic nitrogens is 2. The van der Waals surface area contributed by atoms with E-state index in [1.54, 1.807) is 22.7 Å². The van der Waals surface area contributed by atoms with Gasteiger partial charge in [0, 0.05) is 11.9 Å². The van der Waals surface area contributed by atoms with Gasteiger partial charge in [0.1, 0.15) is 11.3 Å². The van der Waals surface area contributed by atoms with Crippen LogP contribution in [0.25, 0.3) is 5.65 Å². The fourth-order valence-corrected chi connectivity index (χ4v) is 2.87. The number of fused-ring (bicyclic) bond motifs is 1. The molecule has 3 aromatic rings. The van der Waals surface area contributed by atoms with Crippen LogP contribution in [0.2, 0.25) is 10.0 Å². The molecule has 2 aromatic heterocycles. The number of hydrogen-bond acceptors (Lipinski definition) is 3. The number of benzene rings is 1. The Kier molecular flexibility index (Phi) is 4.65. The average molecular weight is 378 g/mol. The minimum absolute atomic E-state index is 0.0867. The van der Waals surface area contributed by atoms with Crippen molar-refractivity contribution in [1.82, 2.24) is 9.38 Å². The van der Waals surface area contributed by atoms with E-state index in [0.717, 1.165) is 0 Å². The Morgan fingerprint density at radius 1 is 1.24 bits per heavy atom. The maximum atomic E-state index is 12.8. The van der Waals surface area contributed by atoms with Gasteiger partial charge in [0.2, 0.25) is 0 Å². The van der Waals surface area contributed by atoms with Crippen LogP contribution >= 0.6 is 23.2 Å². The molecule has 0 aliphatic heterocycles. The summed E-state index contributed by atoms with van der Waals surface area (Å²) in [5.41, 5.74) is 1.81. The second kappa shape index (κ2) is 6.74. The molecule has 0 fully saturated rings. The highest BCUT2D eigenvalue weighted by Gasteiger charge is 2.19. The molecule has 0 atom stereocenters. The van der Waals surface area contributed by atoms with Gasteiger partial charge in [-0.3, -0.25) is 9.20 Å². The van der Waals surface area contributed by atoms with E-state index in [0.29, 0.717) is 34.2 Å². The lowest BCUT2D eigenvalue weighted by atomic mass is 10.2. The molecule has 0 saturated carbocycles.